The number of unbranched alkanes of at least 4 members (excludes halogenated alkanes) is 1. The van der Waals surface area contributed by atoms with Crippen molar-refractivity contribution in [2.45, 2.75) is 78.0 Å². The number of rotatable bonds is 8. The highest BCUT2D eigenvalue weighted by Crippen LogP contribution is 2.34. The van der Waals surface area contributed by atoms with Gasteiger partial charge in [0.15, 0.2) is 0 Å². The van der Waals surface area contributed by atoms with Crippen LogP contribution < -0.4 is 5.32 Å². The third-order valence-corrected chi connectivity index (χ3v) is 3.93. The first-order valence-corrected chi connectivity index (χ1v) is 6.78. The molecule has 0 spiro atoms. The van der Waals surface area contributed by atoms with Crippen LogP contribution in [0.3, 0.4) is 0 Å². The molecule has 2 nitrogen and oxygen atoms in total. The molecule has 0 heterocycles. The van der Waals surface area contributed by atoms with Crippen molar-refractivity contribution in [1.29, 1.82) is 0 Å². The molecule has 0 aliphatic rings. The highest BCUT2D eigenvalue weighted by atomic mass is 16.3. The molecule has 0 saturated heterocycles. The van der Waals surface area contributed by atoms with Gasteiger partial charge in [0.05, 0.1) is 5.60 Å². The van der Waals surface area contributed by atoms with Gasteiger partial charge in [-0.05, 0) is 39.0 Å². The quantitative estimate of drug-likeness (QED) is 0.503. The lowest BCUT2D eigenvalue weighted by Gasteiger charge is -2.47. The van der Waals surface area contributed by atoms with E-state index in [2.05, 4.69) is 46.5 Å². The molecular formula is C15H31NO. The van der Waals surface area contributed by atoms with Crippen LogP contribution in [0, 0.1) is 5.92 Å². The Morgan fingerprint density at radius 2 is 1.76 bits per heavy atom. The van der Waals surface area contributed by atoms with E-state index < -0.39 is 5.60 Å². The van der Waals surface area contributed by atoms with E-state index in [0.29, 0.717) is 6.04 Å². The third kappa shape index (κ3) is 4.44. The zero-order valence-corrected chi connectivity index (χ0v) is 12.5. The number of allylic oxidation sites excluding steroid dienone is 1. The Kier molecular flexibility index (Phi) is 6.42. The first-order chi connectivity index (χ1) is 7.67. The smallest absolute Gasteiger partial charge is 0.0820 e. The summed E-state index contributed by atoms with van der Waals surface area (Å²) < 4.78 is 0. The number of hydrogen-bond donors (Lipinski definition) is 2. The van der Waals surface area contributed by atoms with Crippen LogP contribution in [0.5, 0.6) is 0 Å². The van der Waals surface area contributed by atoms with Crippen molar-refractivity contribution >= 4 is 0 Å². The zero-order chi connectivity index (χ0) is 13.7. The molecule has 0 aromatic heterocycles. The van der Waals surface area contributed by atoms with E-state index >= 15 is 0 Å². The van der Waals surface area contributed by atoms with Crippen LogP contribution in [0.4, 0.5) is 0 Å². The fourth-order valence-electron chi connectivity index (χ4n) is 2.35. The standard InChI is InChI=1S/C15H31NO/c1-8-9-10-11-14(6,16-13(4)5)15(7,17)12(2)3/h8,12-13,16-17H,1,9-11H2,2-7H3/t14-,15?/m1/s1. The second kappa shape index (κ2) is 6.55. The second-order valence-corrected chi connectivity index (χ2v) is 6.11. The van der Waals surface area contributed by atoms with Gasteiger partial charge >= 0.3 is 0 Å². The highest BCUT2D eigenvalue weighted by molar-refractivity contribution is 5.02. The summed E-state index contributed by atoms with van der Waals surface area (Å²) in [5.41, 5.74) is -0.962. The van der Waals surface area contributed by atoms with Crippen molar-refractivity contribution in [3.63, 3.8) is 0 Å². The van der Waals surface area contributed by atoms with E-state index in [0.717, 1.165) is 19.3 Å². The topological polar surface area (TPSA) is 32.3 Å². The van der Waals surface area contributed by atoms with Gasteiger partial charge in [-0.3, -0.25) is 0 Å². The minimum Gasteiger partial charge on any atom is -0.388 e. The highest BCUT2D eigenvalue weighted by Gasteiger charge is 2.44. The number of aliphatic hydroxyl groups is 1. The molecule has 0 aromatic carbocycles. The lowest BCUT2D eigenvalue weighted by atomic mass is 9.72. The molecule has 0 amide bonds. The van der Waals surface area contributed by atoms with Crippen molar-refractivity contribution in [1.82, 2.24) is 5.32 Å². The van der Waals surface area contributed by atoms with Crippen LogP contribution in [0.1, 0.15) is 60.8 Å². The van der Waals surface area contributed by atoms with Crippen molar-refractivity contribution in [2.24, 2.45) is 5.92 Å². The van der Waals surface area contributed by atoms with Gasteiger partial charge in [-0.1, -0.05) is 33.8 Å². The Hall–Kier alpha value is -0.340. The lowest BCUT2D eigenvalue weighted by molar-refractivity contribution is -0.0736. The van der Waals surface area contributed by atoms with Crippen LogP contribution in [0.15, 0.2) is 12.7 Å². The average Bonchev–Trinajstić information content (AvgIpc) is 2.16. The number of hydrogen-bond acceptors (Lipinski definition) is 2. The molecule has 2 N–H and O–H groups in total. The predicted octanol–water partition coefficient (Wildman–Crippen LogP) is 3.51. The molecular weight excluding hydrogens is 210 g/mol. The van der Waals surface area contributed by atoms with Crippen molar-refractivity contribution in [3.8, 4) is 0 Å². The van der Waals surface area contributed by atoms with E-state index in [1.54, 1.807) is 0 Å². The minimum atomic E-state index is -0.710. The van der Waals surface area contributed by atoms with Gasteiger partial charge in [0, 0.05) is 11.6 Å². The molecule has 17 heavy (non-hydrogen) atoms. The fourth-order valence-corrected chi connectivity index (χ4v) is 2.35. The van der Waals surface area contributed by atoms with Crippen LogP contribution in [0.2, 0.25) is 0 Å². The molecule has 2 heteroatoms. The summed E-state index contributed by atoms with van der Waals surface area (Å²) in [4.78, 5) is 0. The third-order valence-electron chi connectivity index (χ3n) is 3.93. The maximum Gasteiger partial charge on any atom is 0.0820 e. The monoisotopic (exact) mass is 241 g/mol. The van der Waals surface area contributed by atoms with Crippen LogP contribution in [-0.2, 0) is 0 Å². The van der Waals surface area contributed by atoms with Gasteiger partial charge in [-0.15, -0.1) is 6.58 Å². The molecule has 0 aromatic rings. The first kappa shape index (κ1) is 16.7. The average molecular weight is 241 g/mol. The van der Waals surface area contributed by atoms with Gasteiger partial charge in [0.2, 0.25) is 0 Å². The summed E-state index contributed by atoms with van der Waals surface area (Å²) in [6.07, 6.45) is 4.97. The fraction of sp³-hybridized carbons (Fsp3) is 0.867. The Labute approximate surface area is 108 Å². The predicted molar refractivity (Wildman–Crippen MR) is 76.2 cm³/mol. The van der Waals surface area contributed by atoms with E-state index in [1.807, 2.05) is 13.0 Å². The Morgan fingerprint density at radius 1 is 1.24 bits per heavy atom. The summed E-state index contributed by atoms with van der Waals surface area (Å²) in [5, 5.41) is 14.3. The van der Waals surface area contributed by atoms with Crippen molar-refractivity contribution in [2.75, 3.05) is 0 Å². The van der Waals surface area contributed by atoms with Gasteiger partial charge in [-0.2, -0.15) is 0 Å². The van der Waals surface area contributed by atoms with Gasteiger partial charge in [-0.25, -0.2) is 0 Å². The Balaban J connectivity index is 4.88. The summed E-state index contributed by atoms with van der Waals surface area (Å²) in [6, 6.07) is 0.369. The van der Waals surface area contributed by atoms with E-state index in [1.165, 1.54) is 0 Å². The first-order valence-electron chi connectivity index (χ1n) is 6.78. The van der Waals surface area contributed by atoms with Gasteiger partial charge < -0.3 is 10.4 Å². The summed E-state index contributed by atoms with van der Waals surface area (Å²) in [6.45, 7) is 16.2. The summed E-state index contributed by atoms with van der Waals surface area (Å²) in [7, 11) is 0. The molecule has 0 saturated carbocycles. The van der Waals surface area contributed by atoms with E-state index in [9.17, 15) is 5.11 Å². The SMILES string of the molecule is C=CCCC[C@@](C)(NC(C)C)C(C)(O)C(C)C. The molecule has 0 fully saturated rings. The van der Waals surface area contributed by atoms with E-state index in [4.69, 9.17) is 0 Å². The zero-order valence-electron chi connectivity index (χ0n) is 12.5. The summed E-state index contributed by atoms with van der Waals surface area (Å²) >= 11 is 0. The van der Waals surface area contributed by atoms with Gasteiger partial charge in [0.25, 0.3) is 0 Å². The molecule has 0 bridgehead atoms. The van der Waals surface area contributed by atoms with Crippen molar-refractivity contribution in [3.05, 3.63) is 12.7 Å². The maximum atomic E-state index is 10.8. The normalized spacial score (nSPS) is 19.1. The summed E-state index contributed by atoms with van der Waals surface area (Å²) in [5.74, 6) is 0.225. The second-order valence-electron chi connectivity index (χ2n) is 6.11. The lowest BCUT2D eigenvalue weighted by Crippen LogP contribution is -2.63. The van der Waals surface area contributed by atoms with Crippen LogP contribution in [0.25, 0.3) is 0 Å². The van der Waals surface area contributed by atoms with Gasteiger partial charge in [0.1, 0.15) is 0 Å². The molecule has 0 radical (unpaired) electrons. The molecule has 2 atom stereocenters. The molecule has 0 rings (SSSR count). The molecule has 1 unspecified atom stereocenters. The Morgan fingerprint density at radius 3 is 2.12 bits per heavy atom. The molecule has 102 valence electrons. The maximum absolute atomic E-state index is 10.8. The van der Waals surface area contributed by atoms with Crippen LogP contribution in [-0.4, -0.2) is 22.3 Å². The number of nitrogens with one attached hydrogen (secondary N) is 1. The minimum absolute atomic E-state index is 0.225. The van der Waals surface area contributed by atoms with Crippen LogP contribution >= 0.6 is 0 Å². The molecule has 0 aliphatic carbocycles. The molecule has 0 aliphatic heterocycles. The largest absolute Gasteiger partial charge is 0.388 e. The Bertz CT molecular complexity index is 233. The van der Waals surface area contributed by atoms with E-state index in [-0.39, 0.29) is 11.5 Å². The van der Waals surface area contributed by atoms with Crippen molar-refractivity contribution < 1.29 is 5.11 Å².